The van der Waals surface area contributed by atoms with Crippen molar-refractivity contribution in [3.8, 4) is 5.75 Å². The lowest BCUT2D eigenvalue weighted by Crippen LogP contribution is -2.12. The Bertz CT molecular complexity index is 938. The molecule has 0 aliphatic rings. The van der Waals surface area contributed by atoms with Gasteiger partial charge in [0.05, 0.1) is 4.92 Å². The Morgan fingerprint density at radius 1 is 1.19 bits per heavy atom. The second kappa shape index (κ2) is 7.79. The average molecular weight is 368 g/mol. The van der Waals surface area contributed by atoms with E-state index in [9.17, 15) is 14.9 Å². The summed E-state index contributed by atoms with van der Waals surface area (Å²) < 4.78 is 5.70. The van der Waals surface area contributed by atoms with Gasteiger partial charge in [-0.1, -0.05) is 18.2 Å². The highest BCUT2D eigenvalue weighted by Gasteiger charge is 2.13. The normalized spacial score (nSPS) is 10.3. The molecule has 1 N–H and O–H groups in total. The Labute approximate surface area is 154 Å². The molecule has 0 saturated heterocycles. The van der Waals surface area contributed by atoms with Gasteiger partial charge in [-0.2, -0.15) is 0 Å². The quantitative estimate of drug-likeness (QED) is 0.501. The molecule has 0 unspecified atom stereocenters. The molecule has 0 spiro atoms. The van der Waals surface area contributed by atoms with Gasteiger partial charge in [-0.3, -0.25) is 14.9 Å². The fraction of sp³-hybridized carbons (Fsp3) is 0.105. The Morgan fingerprint density at radius 3 is 2.77 bits per heavy atom. The number of carbonyl (C=O) groups excluding carboxylic acids is 1. The Hall–Kier alpha value is -3.19. The largest absolute Gasteiger partial charge is 0.488 e. The summed E-state index contributed by atoms with van der Waals surface area (Å²) in [4.78, 5) is 24.1. The number of hydrogen-bond acceptors (Lipinski definition) is 5. The van der Waals surface area contributed by atoms with Crippen LogP contribution in [0.3, 0.4) is 0 Å². The van der Waals surface area contributed by atoms with Gasteiger partial charge in [-0.05, 0) is 42.6 Å². The van der Waals surface area contributed by atoms with E-state index >= 15 is 0 Å². The molecule has 3 aromatic rings. The van der Waals surface area contributed by atoms with E-state index in [1.807, 2.05) is 17.5 Å². The number of ether oxygens (including phenoxy) is 1. The van der Waals surface area contributed by atoms with E-state index in [1.165, 1.54) is 6.07 Å². The lowest BCUT2D eigenvalue weighted by molar-refractivity contribution is -0.385. The maximum absolute atomic E-state index is 12.4. The first-order chi connectivity index (χ1) is 12.5. The number of nitro benzene ring substituents is 1. The number of thiophene rings is 1. The summed E-state index contributed by atoms with van der Waals surface area (Å²) in [5.41, 5.74) is 1.29. The predicted molar refractivity (Wildman–Crippen MR) is 101 cm³/mol. The summed E-state index contributed by atoms with van der Waals surface area (Å²) in [5.74, 6) is 0.227. The highest BCUT2D eigenvalue weighted by molar-refractivity contribution is 7.09. The lowest BCUT2D eigenvalue weighted by Gasteiger charge is -2.09. The molecule has 132 valence electrons. The number of nitro groups is 1. The number of aryl methyl sites for hydroxylation is 1. The van der Waals surface area contributed by atoms with E-state index in [0.717, 1.165) is 4.88 Å². The summed E-state index contributed by atoms with van der Waals surface area (Å²) in [5, 5.41) is 15.7. The van der Waals surface area contributed by atoms with Crippen LogP contribution in [0.1, 0.15) is 20.8 Å². The molecule has 7 heteroatoms. The van der Waals surface area contributed by atoms with Crippen LogP contribution in [0.2, 0.25) is 0 Å². The van der Waals surface area contributed by atoms with E-state index in [1.54, 1.807) is 54.7 Å². The zero-order valence-electron chi connectivity index (χ0n) is 14.0. The van der Waals surface area contributed by atoms with Crippen LogP contribution in [0.25, 0.3) is 0 Å². The third-order valence-electron chi connectivity index (χ3n) is 3.72. The summed E-state index contributed by atoms with van der Waals surface area (Å²) in [7, 11) is 0. The molecule has 6 nitrogen and oxygen atoms in total. The van der Waals surface area contributed by atoms with Crippen LogP contribution in [0, 0.1) is 17.0 Å². The number of carbonyl (C=O) groups is 1. The molecule has 0 saturated carbocycles. The molecular weight excluding hydrogens is 352 g/mol. The minimum Gasteiger partial charge on any atom is -0.488 e. The van der Waals surface area contributed by atoms with Crippen molar-refractivity contribution in [1.82, 2.24) is 0 Å². The molecule has 0 fully saturated rings. The van der Waals surface area contributed by atoms with E-state index in [4.69, 9.17) is 4.74 Å². The average Bonchev–Trinajstić information content (AvgIpc) is 3.15. The van der Waals surface area contributed by atoms with Crippen LogP contribution in [-0.4, -0.2) is 10.8 Å². The molecule has 2 aromatic carbocycles. The van der Waals surface area contributed by atoms with Gasteiger partial charge in [-0.15, -0.1) is 11.3 Å². The van der Waals surface area contributed by atoms with Gasteiger partial charge >= 0.3 is 0 Å². The van der Waals surface area contributed by atoms with Crippen LogP contribution in [0.15, 0.2) is 60.0 Å². The number of amides is 1. The van der Waals surface area contributed by atoms with Gasteiger partial charge in [0.15, 0.2) is 0 Å². The zero-order chi connectivity index (χ0) is 18.5. The maximum atomic E-state index is 12.4. The van der Waals surface area contributed by atoms with Crippen LogP contribution in [-0.2, 0) is 6.61 Å². The smallest absolute Gasteiger partial charge is 0.274 e. The maximum Gasteiger partial charge on any atom is 0.274 e. The molecule has 0 aliphatic carbocycles. The minimum absolute atomic E-state index is 0.0316. The summed E-state index contributed by atoms with van der Waals surface area (Å²) in [6.07, 6.45) is 0. The fourth-order valence-electron chi connectivity index (χ4n) is 2.36. The fourth-order valence-corrected chi connectivity index (χ4v) is 2.98. The number of hydrogen-bond donors (Lipinski definition) is 1. The van der Waals surface area contributed by atoms with Crippen LogP contribution in [0.4, 0.5) is 11.4 Å². The molecule has 0 radical (unpaired) electrons. The first-order valence-corrected chi connectivity index (χ1v) is 8.72. The van der Waals surface area contributed by atoms with E-state index in [2.05, 4.69) is 5.32 Å². The van der Waals surface area contributed by atoms with Gasteiger partial charge in [-0.25, -0.2) is 0 Å². The van der Waals surface area contributed by atoms with Crippen LogP contribution < -0.4 is 10.1 Å². The number of anilines is 1. The third-order valence-corrected chi connectivity index (χ3v) is 4.57. The van der Waals surface area contributed by atoms with Crippen molar-refractivity contribution in [3.05, 3.63) is 86.1 Å². The first-order valence-electron chi connectivity index (χ1n) is 7.84. The van der Waals surface area contributed by atoms with E-state index in [0.29, 0.717) is 29.2 Å². The molecule has 1 aromatic heterocycles. The highest BCUT2D eigenvalue weighted by atomic mass is 32.1. The standard InChI is InChI=1S/C19H16N2O4S/c1-13-7-8-15(11-18(13)21(23)24)20-19(22)14-4-2-5-16(10-14)25-12-17-6-3-9-26-17/h2-11H,12H2,1H3,(H,20,22). The van der Waals surface area contributed by atoms with Crippen LogP contribution in [0.5, 0.6) is 5.75 Å². The second-order valence-corrected chi connectivity index (χ2v) is 6.64. The Balaban J connectivity index is 1.71. The van der Waals surface area contributed by atoms with Gasteiger partial charge < -0.3 is 10.1 Å². The molecule has 0 atom stereocenters. The molecule has 0 bridgehead atoms. The van der Waals surface area contributed by atoms with E-state index < -0.39 is 4.92 Å². The monoisotopic (exact) mass is 368 g/mol. The number of rotatable bonds is 6. The lowest BCUT2D eigenvalue weighted by atomic mass is 10.1. The number of nitrogens with zero attached hydrogens (tertiary/aromatic N) is 1. The second-order valence-electron chi connectivity index (χ2n) is 5.61. The SMILES string of the molecule is Cc1ccc(NC(=O)c2cccc(OCc3cccs3)c2)cc1[N+](=O)[O-]. The summed E-state index contributed by atoms with van der Waals surface area (Å²) in [6.45, 7) is 2.09. The van der Waals surface area contributed by atoms with Crippen molar-refractivity contribution in [3.63, 3.8) is 0 Å². The number of benzene rings is 2. The zero-order valence-corrected chi connectivity index (χ0v) is 14.8. The molecule has 3 rings (SSSR count). The molecule has 1 heterocycles. The Morgan fingerprint density at radius 2 is 2.04 bits per heavy atom. The van der Waals surface area contributed by atoms with Crippen molar-refractivity contribution in [2.75, 3.05) is 5.32 Å². The van der Waals surface area contributed by atoms with Crippen molar-refractivity contribution >= 4 is 28.6 Å². The van der Waals surface area contributed by atoms with E-state index in [-0.39, 0.29) is 11.6 Å². The third kappa shape index (κ3) is 4.25. The molecular formula is C19H16N2O4S. The van der Waals surface area contributed by atoms with Crippen molar-refractivity contribution in [2.24, 2.45) is 0 Å². The first kappa shape index (κ1) is 17.6. The molecule has 26 heavy (non-hydrogen) atoms. The number of nitrogens with one attached hydrogen (secondary N) is 1. The summed E-state index contributed by atoms with van der Waals surface area (Å²) in [6, 6.07) is 15.3. The van der Waals surface area contributed by atoms with Gasteiger partial charge in [0.1, 0.15) is 12.4 Å². The Kier molecular flexibility index (Phi) is 5.28. The van der Waals surface area contributed by atoms with Gasteiger partial charge in [0, 0.05) is 27.8 Å². The minimum atomic E-state index is -0.468. The molecule has 1 amide bonds. The highest BCUT2D eigenvalue weighted by Crippen LogP contribution is 2.23. The van der Waals surface area contributed by atoms with Gasteiger partial charge in [0.25, 0.3) is 11.6 Å². The topological polar surface area (TPSA) is 81.5 Å². The summed E-state index contributed by atoms with van der Waals surface area (Å²) >= 11 is 1.60. The van der Waals surface area contributed by atoms with Crippen molar-refractivity contribution in [2.45, 2.75) is 13.5 Å². The predicted octanol–water partition coefficient (Wildman–Crippen LogP) is 4.80. The van der Waals surface area contributed by atoms with Crippen LogP contribution >= 0.6 is 11.3 Å². The molecule has 0 aliphatic heterocycles. The van der Waals surface area contributed by atoms with Crippen molar-refractivity contribution < 1.29 is 14.5 Å². The van der Waals surface area contributed by atoms with Gasteiger partial charge in [0.2, 0.25) is 0 Å². The van der Waals surface area contributed by atoms with Crippen molar-refractivity contribution in [1.29, 1.82) is 0 Å².